The zero-order valence-electron chi connectivity index (χ0n) is 16.3. The predicted molar refractivity (Wildman–Crippen MR) is 113 cm³/mol. The highest BCUT2D eigenvalue weighted by atomic mass is 32.2. The van der Waals surface area contributed by atoms with Crippen LogP contribution in [-0.2, 0) is 16.4 Å². The molecule has 0 saturated heterocycles. The van der Waals surface area contributed by atoms with Gasteiger partial charge in [0, 0.05) is 29.6 Å². The highest BCUT2D eigenvalue weighted by Gasteiger charge is 2.25. The molecule has 0 aliphatic heterocycles. The van der Waals surface area contributed by atoms with Crippen LogP contribution in [-0.4, -0.2) is 38.4 Å². The van der Waals surface area contributed by atoms with Gasteiger partial charge in [-0.05, 0) is 61.9 Å². The Morgan fingerprint density at radius 2 is 1.86 bits per heavy atom. The van der Waals surface area contributed by atoms with E-state index < -0.39 is 10.0 Å². The normalized spacial score (nSPS) is 15.5. The van der Waals surface area contributed by atoms with Crippen LogP contribution in [0, 0.1) is 0 Å². The summed E-state index contributed by atoms with van der Waals surface area (Å²) in [5.41, 5.74) is 0.546. The standard InChI is InChI=1S/C21H28N2O3S2/c1-2-23(18-7-4-3-5-8-18)21(24)17-10-12-20(13-11-17)28(25,26)22-15-14-19-9-6-16-27-19/h6,9-13,16,18,22H,2-5,7-8,14-15H2,1H3. The summed E-state index contributed by atoms with van der Waals surface area (Å²) < 4.78 is 27.6. The number of nitrogens with one attached hydrogen (secondary N) is 1. The summed E-state index contributed by atoms with van der Waals surface area (Å²) in [6.45, 7) is 3.03. The van der Waals surface area contributed by atoms with E-state index in [1.807, 2.05) is 29.3 Å². The van der Waals surface area contributed by atoms with Crippen LogP contribution in [0.25, 0.3) is 0 Å². The summed E-state index contributed by atoms with van der Waals surface area (Å²) in [4.78, 5) is 16.2. The van der Waals surface area contributed by atoms with Gasteiger partial charge in [0.2, 0.25) is 10.0 Å². The summed E-state index contributed by atoms with van der Waals surface area (Å²) in [5.74, 6) is -0.0102. The molecule has 1 aliphatic rings. The number of sulfonamides is 1. The minimum absolute atomic E-state index is 0.0102. The summed E-state index contributed by atoms with van der Waals surface area (Å²) in [6, 6.07) is 10.5. The minimum atomic E-state index is -3.57. The topological polar surface area (TPSA) is 66.5 Å². The first-order valence-corrected chi connectivity index (χ1v) is 12.3. The molecule has 2 aromatic rings. The predicted octanol–water partition coefficient (Wildman–Crippen LogP) is 4.06. The highest BCUT2D eigenvalue weighted by molar-refractivity contribution is 7.89. The van der Waals surface area contributed by atoms with Gasteiger partial charge in [-0.1, -0.05) is 25.3 Å². The van der Waals surface area contributed by atoms with E-state index in [9.17, 15) is 13.2 Å². The molecule has 1 saturated carbocycles. The van der Waals surface area contributed by atoms with Crippen molar-refractivity contribution in [3.05, 3.63) is 52.2 Å². The molecule has 3 rings (SSSR count). The number of carbonyl (C=O) groups is 1. The van der Waals surface area contributed by atoms with Crippen molar-refractivity contribution in [3.63, 3.8) is 0 Å². The Hall–Kier alpha value is -1.70. The maximum atomic E-state index is 12.9. The second-order valence-electron chi connectivity index (χ2n) is 7.13. The molecule has 1 aromatic carbocycles. The zero-order chi connectivity index (χ0) is 20.0. The Balaban J connectivity index is 1.63. The van der Waals surface area contributed by atoms with Crippen LogP contribution in [0.3, 0.4) is 0 Å². The first kappa shape index (κ1) is 21.0. The molecular formula is C21H28N2O3S2. The van der Waals surface area contributed by atoms with Crippen LogP contribution in [0.5, 0.6) is 0 Å². The lowest BCUT2D eigenvalue weighted by Gasteiger charge is -2.33. The van der Waals surface area contributed by atoms with Crippen molar-refractivity contribution in [3.8, 4) is 0 Å². The number of hydrogen-bond donors (Lipinski definition) is 1. The second-order valence-corrected chi connectivity index (χ2v) is 9.93. The fourth-order valence-electron chi connectivity index (χ4n) is 3.75. The minimum Gasteiger partial charge on any atom is -0.336 e. The van der Waals surface area contributed by atoms with Crippen molar-refractivity contribution in [2.45, 2.75) is 56.4 Å². The molecule has 1 aliphatic carbocycles. The molecule has 0 radical (unpaired) electrons. The molecule has 5 nitrogen and oxygen atoms in total. The Morgan fingerprint density at radius 3 is 2.46 bits per heavy atom. The highest BCUT2D eigenvalue weighted by Crippen LogP contribution is 2.24. The number of thiophene rings is 1. The molecule has 1 aromatic heterocycles. The molecule has 0 bridgehead atoms. The van der Waals surface area contributed by atoms with E-state index in [0.29, 0.717) is 31.1 Å². The molecule has 1 N–H and O–H groups in total. The average molecular weight is 421 g/mol. The van der Waals surface area contributed by atoms with Gasteiger partial charge in [-0.25, -0.2) is 13.1 Å². The third-order valence-corrected chi connectivity index (χ3v) is 7.69. The molecule has 1 fully saturated rings. The van der Waals surface area contributed by atoms with Gasteiger partial charge in [-0.15, -0.1) is 11.3 Å². The van der Waals surface area contributed by atoms with Crippen LogP contribution in [0.2, 0.25) is 0 Å². The Labute approximate surface area is 171 Å². The molecule has 0 spiro atoms. The lowest BCUT2D eigenvalue weighted by atomic mass is 9.93. The summed E-state index contributed by atoms with van der Waals surface area (Å²) in [6.07, 6.45) is 6.36. The van der Waals surface area contributed by atoms with E-state index >= 15 is 0 Å². The number of carbonyl (C=O) groups excluding carboxylic acids is 1. The lowest BCUT2D eigenvalue weighted by Crippen LogP contribution is -2.41. The van der Waals surface area contributed by atoms with Crippen LogP contribution in [0.4, 0.5) is 0 Å². The maximum absolute atomic E-state index is 12.9. The van der Waals surface area contributed by atoms with Gasteiger partial charge < -0.3 is 4.90 Å². The fourth-order valence-corrected chi connectivity index (χ4v) is 5.49. The molecule has 152 valence electrons. The summed E-state index contributed by atoms with van der Waals surface area (Å²) in [7, 11) is -3.57. The molecule has 1 amide bonds. The van der Waals surface area contributed by atoms with E-state index in [1.54, 1.807) is 23.5 Å². The number of nitrogens with zero attached hydrogens (tertiary/aromatic N) is 1. The Kier molecular flexibility index (Phi) is 7.26. The Morgan fingerprint density at radius 1 is 1.14 bits per heavy atom. The smallest absolute Gasteiger partial charge is 0.254 e. The molecule has 0 atom stereocenters. The van der Waals surface area contributed by atoms with Crippen LogP contribution >= 0.6 is 11.3 Å². The van der Waals surface area contributed by atoms with Crippen LogP contribution in [0.1, 0.15) is 54.3 Å². The largest absolute Gasteiger partial charge is 0.336 e. The van der Waals surface area contributed by atoms with Crippen LogP contribution in [0.15, 0.2) is 46.7 Å². The monoisotopic (exact) mass is 420 g/mol. The van der Waals surface area contributed by atoms with Gasteiger partial charge in [0.25, 0.3) is 5.91 Å². The third kappa shape index (κ3) is 5.21. The van der Waals surface area contributed by atoms with E-state index in [0.717, 1.165) is 17.7 Å². The van der Waals surface area contributed by atoms with Crippen molar-refractivity contribution in [2.24, 2.45) is 0 Å². The molecule has 0 unspecified atom stereocenters. The first-order valence-electron chi connectivity index (χ1n) is 9.94. The van der Waals surface area contributed by atoms with E-state index in [4.69, 9.17) is 0 Å². The van der Waals surface area contributed by atoms with Gasteiger partial charge in [-0.3, -0.25) is 4.79 Å². The SMILES string of the molecule is CCN(C(=O)c1ccc(S(=O)(=O)NCCc2cccs2)cc1)C1CCCCC1. The van der Waals surface area contributed by atoms with Gasteiger partial charge in [0.05, 0.1) is 4.90 Å². The molecule has 1 heterocycles. The van der Waals surface area contributed by atoms with Crippen molar-refractivity contribution in [1.29, 1.82) is 0 Å². The third-order valence-electron chi connectivity index (χ3n) is 5.27. The van der Waals surface area contributed by atoms with Crippen molar-refractivity contribution in [2.75, 3.05) is 13.1 Å². The maximum Gasteiger partial charge on any atom is 0.254 e. The van der Waals surface area contributed by atoms with E-state index in [2.05, 4.69) is 4.72 Å². The number of benzene rings is 1. The fraction of sp³-hybridized carbons (Fsp3) is 0.476. The number of rotatable bonds is 8. The lowest BCUT2D eigenvalue weighted by molar-refractivity contribution is 0.0648. The van der Waals surface area contributed by atoms with Gasteiger partial charge in [-0.2, -0.15) is 0 Å². The van der Waals surface area contributed by atoms with Crippen molar-refractivity contribution in [1.82, 2.24) is 9.62 Å². The quantitative estimate of drug-likeness (QED) is 0.700. The molecule has 7 heteroatoms. The molecular weight excluding hydrogens is 392 g/mol. The number of amides is 1. The first-order chi connectivity index (χ1) is 13.5. The van der Waals surface area contributed by atoms with Crippen LogP contribution < -0.4 is 4.72 Å². The van der Waals surface area contributed by atoms with E-state index in [-0.39, 0.29) is 10.8 Å². The second kappa shape index (κ2) is 9.67. The zero-order valence-corrected chi connectivity index (χ0v) is 17.9. The Bertz CT molecular complexity index is 856. The van der Waals surface area contributed by atoms with Crippen molar-refractivity contribution < 1.29 is 13.2 Å². The van der Waals surface area contributed by atoms with Crippen molar-refractivity contribution >= 4 is 27.3 Å². The van der Waals surface area contributed by atoms with Gasteiger partial charge in [0.15, 0.2) is 0 Å². The summed E-state index contributed by atoms with van der Waals surface area (Å²) in [5, 5.41) is 1.98. The van der Waals surface area contributed by atoms with E-state index in [1.165, 1.54) is 31.4 Å². The summed E-state index contributed by atoms with van der Waals surface area (Å²) >= 11 is 1.61. The molecule has 28 heavy (non-hydrogen) atoms. The van der Waals surface area contributed by atoms with Gasteiger partial charge in [0.1, 0.15) is 0 Å². The number of hydrogen-bond acceptors (Lipinski definition) is 4. The average Bonchev–Trinajstić information content (AvgIpc) is 3.23. The van der Waals surface area contributed by atoms with Gasteiger partial charge >= 0.3 is 0 Å².